The van der Waals surface area contributed by atoms with Crippen molar-refractivity contribution in [1.82, 2.24) is 24.6 Å². The summed E-state index contributed by atoms with van der Waals surface area (Å²) in [7, 11) is 0. The van der Waals surface area contributed by atoms with Crippen LogP contribution in [0.1, 0.15) is 40.6 Å². The molecule has 3 aromatic heterocycles. The number of carbonyl (C=O) groups excluding carboxylic acids is 2. The molecule has 0 radical (unpaired) electrons. The number of halogens is 2. The van der Waals surface area contributed by atoms with Crippen molar-refractivity contribution >= 4 is 11.7 Å². The quantitative estimate of drug-likeness (QED) is 0.615. The molecular formula is C21H19F2N5O2. The Kier molecular flexibility index (Phi) is 5.11. The van der Waals surface area contributed by atoms with E-state index in [0.29, 0.717) is 22.6 Å². The minimum Gasteiger partial charge on any atom is -0.337 e. The lowest BCUT2D eigenvalue weighted by Gasteiger charge is -2.31. The van der Waals surface area contributed by atoms with Gasteiger partial charge in [-0.2, -0.15) is 5.10 Å². The highest BCUT2D eigenvalue weighted by Crippen LogP contribution is 2.29. The Morgan fingerprint density at radius 2 is 1.87 bits per heavy atom. The number of hydrogen-bond donors (Lipinski definition) is 0. The molecule has 30 heavy (non-hydrogen) atoms. The van der Waals surface area contributed by atoms with Gasteiger partial charge in [-0.05, 0) is 37.3 Å². The molecule has 0 aliphatic carbocycles. The van der Waals surface area contributed by atoms with E-state index >= 15 is 0 Å². The maximum Gasteiger partial charge on any atom is 0.274 e. The van der Waals surface area contributed by atoms with Gasteiger partial charge in [0.2, 0.25) is 0 Å². The molecule has 1 aliphatic rings. The van der Waals surface area contributed by atoms with Crippen molar-refractivity contribution in [3.63, 3.8) is 0 Å². The van der Waals surface area contributed by atoms with Gasteiger partial charge >= 0.3 is 0 Å². The van der Waals surface area contributed by atoms with E-state index in [-0.39, 0.29) is 37.4 Å². The highest BCUT2D eigenvalue weighted by Gasteiger charge is 2.36. The Hall–Kier alpha value is -3.49. The summed E-state index contributed by atoms with van der Waals surface area (Å²) in [6.07, 6.45) is 3.96. The molecule has 1 amide bonds. The molecular weight excluding hydrogens is 392 g/mol. The number of hydrogen-bond acceptors (Lipinski definition) is 5. The molecule has 3 aromatic rings. The van der Waals surface area contributed by atoms with Crippen LogP contribution in [0.25, 0.3) is 17.1 Å². The van der Waals surface area contributed by atoms with Gasteiger partial charge in [-0.15, -0.1) is 0 Å². The maximum absolute atomic E-state index is 13.4. The van der Waals surface area contributed by atoms with Crippen LogP contribution in [0, 0.1) is 0 Å². The van der Waals surface area contributed by atoms with Crippen LogP contribution < -0.4 is 0 Å². The van der Waals surface area contributed by atoms with Crippen LogP contribution in [0.15, 0.2) is 48.9 Å². The summed E-state index contributed by atoms with van der Waals surface area (Å²) in [5.74, 6) is -3.25. The number of amides is 1. The first-order valence-electron chi connectivity index (χ1n) is 9.49. The fraction of sp³-hybridized carbons (Fsp3) is 0.286. The number of nitrogens with zero attached hydrogens (tertiary/aromatic N) is 5. The molecule has 0 unspecified atom stereocenters. The van der Waals surface area contributed by atoms with E-state index in [9.17, 15) is 18.4 Å². The normalized spacial score (nSPS) is 15.8. The molecule has 0 aromatic carbocycles. The van der Waals surface area contributed by atoms with Gasteiger partial charge in [-0.25, -0.2) is 13.5 Å². The summed E-state index contributed by atoms with van der Waals surface area (Å²) in [4.78, 5) is 34.2. The van der Waals surface area contributed by atoms with E-state index in [4.69, 9.17) is 0 Å². The van der Waals surface area contributed by atoms with Crippen molar-refractivity contribution in [1.29, 1.82) is 0 Å². The van der Waals surface area contributed by atoms with Crippen molar-refractivity contribution in [3.8, 4) is 17.1 Å². The van der Waals surface area contributed by atoms with Gasteiger partial charge in [-0.1, -0.05) is 0 Å². The van der Waals surface area contributed by atoms with Crippen molar-refractivity contribution in [2.24, 2.45) is 0 Å². The van der Waals surface area contributed by atoms with Crippen LogP contribution >= 0.6 is 0 Å². The topological polar surface area (TPSA) is 81.0 Å². The minimum atomic E-state index is -2.74. The number of Topliss-reactive ketones (excluding diaryl/α,β-unsaturated/α-hetero) is 1. The highest BCUT2D eigenvalue weighted by molar-refractivity contribution is 5.95. The highest BCUT2D eigenvalue weighted by atomic mass is 19.3. The lowest BCUT2D eigenvalue weighted by Crippen LogP contribution is -2.42. The second-order valence-corrected chi connectivity index (χ2v) is 7.17. The second-order valence-electron chi connectivity index (χ2n) is 7.17. The monoisotopic (exact) mass is 411 g/mol. The van der Waals surface area contributed by atoms with Gasteiger partial charge in [0, 0.05) is 43.9 Å². The third-order valence-corrected chi connectivity index (χ3v) is 5.03. The van der Waals surface area contributed by atoms with Crippen LogP contribution in [0.3, 0.4) is 0 Å². The molecule has 0 saturated carbocycles. The lowest BCUT2D eigenvalue weighted by molar-refractivity contribution is -0.0495. The molecule has 9 heteroatoms. The molecule has 0 N–H and O–H groups in total. The number of alkyl halides is 2. The van der Waals surface area contributed by atoms with Crippen LogP contribution in [0.4, 0.5) is 8.78 Å². The maximum atomic E-state index is 13.4. The van der Waals surface area contributed by atoms with Gasteiger partial charge in [0.25, 0.3) is 11.8 Å². The summed E-state index contributed by atoms with van der Waals surface area (Å²) in [5.41, 5.74) is 2.27. The summed E-state index contributed by atoms with van der Waals surface area (Å²) in [5, 5.41) is 4.42. The van der Waals surface area contributed by atoms with E-state index in [0.717, 1.165) is 0 Å². The molecule has 4 heterocycles. The predicted octanol–water partition coefficient (Wildman–Crippen LogP) is 3.40. The summed E-state index contributed by atoms with van der Waals surface area (Å²) < 4.78 is 28.4. The average Bonchev–Trinajstić information content (AvgIpc) is 3.19. The van der Waals surface area contributed by atoms with Crippen LogP contribution in [-0.2, 0) is 0 Å². The number of carbonyl (C=O) groups is 2. The number of piperidine rings is 1. The first-order chi connectivity index (χ1) is 14.3. The van der Waals surface area contributed by atoms with E-state index in [1.807, 2.05) is 0 Å². The summed E-state index contributed by atoms with van der Waals surface area (Å²) in [6.45, 7) is 1.41. The number of rotatable bonds is 4. The molecule has 1 aliphatic heterocycles. The smallest absolute Gasteiger partial charge is 0.274 e. The van der Waals surface area contributed by atoms with E-state index in [1.165, 1.54) is 22.7 Å². The third-order valence-electron chi connectivity index (χ3n) is 5.03. The van der Waals surface area contributed by atoms with E-state index in [2.05, 4.69) is 15.1 Å². The van der Waals surface area contributed by atoms with Gasteiger partial charge in [0.05, 0.1) is 23.3 Å². The lowest BCUT2D eigenvalue weighted by atomic mass is 10.1. The number of aromatic nitrogens is 4. The zero-order chi connectivity index (χ0) is 21.3. The van der Waals surface area contributed by atoms with Crippen molar-refractivity contribution in [2.75, 3.05) is 13.1 Å². The Labute approximate surface area is 171 Å². The van der Waals surface area contributed by atoms with Gasteiger partial charge < -0.3 is 4.90 Å². The Morgan fingerprint density at radius 3 is 2.47 bits per heavy atom. The molecule has 1 saturated heterocycles. The molecule has 0 bridgehead atoms. The summed E-state index contributed by atoms with van der Waals surface area (Å²) >= 11 is 0. The molecule has 7 nitrogen and oxygen atoms in total. The fourth-order valence-corrected chi connectivity index (χ4v) is 3.30. The molecule has 154 valence electrons. The van der Waals surface area contributed by atoms with Crippen LogP contribution in [-0.4, -0.2) is 55.4 Å². The first-order valence-corrected chi connectivity index (χ1v) is 9.49. The van der Waals surface area contributed by atoms with Crippen molar-refractivity contribution in [2.45, 2.75) is 25.7 Å². The molecule has 0 atom stereocenters. The molecule has 1 fully saturated rings. The second kappa shape index (κ2) is 7.74. The number of ketones is 1. The largest absolute Gasteiger partial charge is 0.337 e. The van der Waals surface area contributed by atoms with E-state index < -0.39 is 11.8 Å². The standard InChI is InChI=1S/C21H19F2N5O2/c1-14(29)15-4-5-17(25-12-15)19-11-18(26-28(19)16-3-2-8-24-13-16)20(30)27-9-6-21(22,23)7-10-27/h2-5,8,11-13H,6-7,9-10H2,1H3. The number of pyridine rings is 2. The van der Waals surface area contributed by atoms with Gasteiger partial charge in [-0.3, -0.25) is 19.6 Å². The van der Waals surface area contributed by atoms with Gasteiger partial charge in [0.1, 0.15) is 0 Å². The molecule has 0 spiro atoms. The number of likely N-dealkylation sites (tertiary alicyclic amines) is 1. The van der Waals surface area contributed by atoms with Crippen LogP contribution in [0.5, 0.6) is 0 Å². The first kappa shape index (κ1) is 19.8. The Morgan fingerprint density at radius 1 is 1.10 bits per heavy atom. The van der Waals surface area contributed by atoms with Crippen LogP contribution in [0.2, 0.25) is 0 Å². The van der Waals surface area contributed by atoms with E-state index in [1.54, 1.807) is 42.7 Å². The zero-order valence-electron chi connectivity index (χ0n) is 16.3. The summed E-state index contributed by atoms with van der Waals surface area (Å²) in [6, 6.07) is 8.43. The van der Waals surface area contributed by atoms with Crippen molar-refractivity contribution < 1.29 is 18.4 Å². The Balaban J connectivity index is 1.71. The fourth-order valence-electron chi connectivity index (χ4n) is 3.30. The van der Waals surface area contributed by atoms with Crippen molar-refractivity contribution in [3.05, 3.63) is 60.2 Å². The minimum absolute atomic E-state index is 0.0214. The third kappa shape index (κ3) is 3.96. The zero-order valence-corrected chi connectivity index (χ0v) is 16.3. The Bertz CT molecular complexity index is 1070. The predicted molar refractivity (Wildman–Crippen MR) is 105 cm³/mol. The van der Waals surface area contributed by atoms with Gasteiger partial charge in [0.15, 0.2) is 11.5 Å². The average molecular weight is 411 g/mol. The SMILES string of the molecule is CC(=O)c1ccc(-c2cc(C(=O)N3CCC(F)(F)CC3)nn2-c2cccnc2)nc1. The molecule has 4 rings (SSSR count).